The van der Waals surface area contributed by atoms with Crippen LogP contribution in [0.1, 0.15) is 15.8 Å². The molecule has 0 saturated heterocycles. The molecule has 18 heavy (non-hydrogen) atoms. The smallest absolute Gasteiger partial charge is 0.408 e. The molecule has 0 aliphatic carbocycles. The Morgan fingerprint density at radius 3 is 2.83 bits per heavy atom. The van der Waals surface area contributed by atoms with Crippen LogP contribution < -0.4 is 5.76 Å². The molecular weight excluding hydrogens is 293 g/mol. The minimum atomic E-state index is -0.465. The van der Waals surface area contributed by atoms with Crippen molar-refractivity contribution < 1.29 is 4.42 Å². The van der Waals surface area contributed by atoms with Gasteiger partial charge in [-0.25, -0.2) is 4.79 Å². The van der Waals surface area contributed by atoms with Crippen molar-refractivity contribution in [1.29, 1.82) is 0 Å². The highest BCUT2D eigenvalue weighted by molar-refractivity contribution is 7.16. The quantitative estimate of drug-likeness (QED) is 0.722. The summed E-state index contributed by atoms with van der Waals surface area (Å²) in [7, 11) is 0. The van der Waals surface area contributed by atoms with Crippen molar-refractivity contribution in [3.05, 3.63) is 55.7 Å². The molecule has 0 bridgehead atoms. The number of hydrogen-bond acceptors (Lipinski definition) is 3. The maximum absolute atomic E-state index is 11.1. The molecule has 0 aliphatic rings. The van der Waals surface area contributed by atoms with Gasteiger partial charge in [-0.3, -0.25) is 4.98 Å². The molecule has 1 N–H and O–H groups in total. The van der Waals surface area contributed by atoms with Crippen molar-refractivity contribution in [3.8, 4) is 0 Å². The topological polar surface area (TPSA) is 46.0 Å². The SMILES string of the molecule is O=c1[nH]c2ccc(C(Cl)c3ccc(Cl)s3)cc2o1. The normalized spacial score (nSPS) is 13.0. The van der Waals surface area contributed by atoms with Crippen molar-refractivity contribution in [2.45, 2.75) is 5.38 Å². The summed E-state index contributed by atoms with van der Waals surface area (Å²) in [5.41, 5.74) is 2.04. The van der Waals surface area contributed by atoms with Gasteiger partial charge in [-0.2, -0.15) is 0 Å². The van der Waals surface area contributed by atoms with Gasteiger partial charge in [0.2, 0.25) is 0 Å². The number of oxazole rings is 1. The lowest BCUT2D eigenvalue weighted by molar-refractivity contribution is 0.555. The van der Waals surface area contributed by atoms with E-state index in [9.17, 15) is 4.79 Å². The van der Waals surface area contributed by atoms with Crippen LogP contribution in [0, 0.1) is 0 Å². The molecule has 1 aromatic carbocycles. The molecule has 0 spiro atoms. The fraction of sp³-hybridized carbons (Fsp3) is 0.0833. The first-order chi connectivity index (χ1) is 8.63. The Bertz CT molecular complexity index is 759. The van der Waals surface area contributed by atoms with Gasteiger partial charge in [-0.05, 0) is 29.8 Å². The highest BCUT2D eigenvalue weighted by Crippen LogP contribution is 2.36. The van der Waals surface area contributed by atoms with Crippen molar-refractivity contribution >= 4 is 45.6 Å². The first-order valence-corrected chi connectivity index (χ1v) is 6.78. The molecule has 3 nitrogen and oxygen atoms in total. The number of hydrogen-bond donors (Lipinski definition) is 1. The summed E-state index contributed by atoms with van der Waals surface area (Å²) in [6.07, 6.45) is 0. The Hall–Kier alpha value is -1.23. The van der Waals surface area contributed by atoms with E-state index in [-0.39, 0.29) is 5.38 Å². The second-order valence-electron chi connectivity index (χ2n) is 3.77. The van der Waals surface area contributed by atoms with Gasteiger partial charge in [0.15, 0.2) is 5.58 Å². The van der Waals surface area contributed by atoms with E-state index in [0.29, 0.717) is 15.4 Å². The van der Waals surface area contributed by atoms with Crippen LogP contribution in [-0.4, -0.2) is 4.98 Å². The summed E-state index contributed by atoms with van der Waals surface area (Å²) in [5, 5.41) is -0.299. The zero-order valence-electron chi connectivity index (χ0n) is 8.94. The number of fused-ring (bicyclic) bond motifs is 1. The van der Waals surface area contributed by atoms with Crippen molar-refractivity contribution in [3.63, 3.8) is 0 Å². The zero-order chi connectivity index (χ0) is 12.7. The molecule has 6 heteroatoms. The van der Waals surface area contributed by atoms with E-state index in [1.807, 2.05) is 18.2 Å². The second kappa shape index (κ2) is 4.46. The summed E-state index contributed by atoms with van der Waals surface area (Å²) in [6, 6.07) is 9.10. The van der Waals surface area contributed by atoms with Crippen LogP contribution in [0.25, 0.3) is 11.1 Å². The number of alkyl halides is 1. The van der Waals surface area contributed by atoms with Gasteiger partial charge in [-0.1, -0.05) is 17.7 Å². The fourth-order valence-corrected chi connectivity index (χ4v) is 3.16. The first-order valence-electron chi connectivity index (χ1n) is 5.15. The number of thiophene rings is 1. The van der Waals surface area contributed by atoms with Crippen LogP contribution >= 0.6 is 34.5 Å². The molecule has 3 aromatic rings. The van der Waals surface area contributed by atoms with E-state index in [2.05, 4.69) is 4.98 Å². The maximum Gasteiger partial charge on any atom is 0.417 e. The molecule has 0 amide bonds. The minimum Gasteiger partial charge on any atom is -0.408 e. The summed E-state index contributed by atoms with van der Waals surface area (Å²) in [4.78, 5) is 14.6. The predicted octanol–water partition coefficient (Wildman–Crippen LogP) is 4.16. The van der Waals surface area contributed by atoms with E-state index in [1.165, 1.54) is 11.3 Å². The summed E-state index contributed by atoms with van der Waals surface area (Å²) in [6.45, 7) is 0. The zero-order valence-corrected chi connectivity index (χ0v) is 11.3. The molecule has 2 aromatic heterocycles. The molecule has 2 heterocycles. The molecule has 0 fully saturated rings. The maximum atomic E-state index is 11.1. The predicted molar refractivity (Wildman–Crippen MR) is 73.9 cm³/mol. The third-order valence-electron chi connectivity index (χ3n) is 2.58. The van der Waals surface area contributed by atoms with E-state index < -0.39 is 5.76 Å². The summed E-state index contributed by atoms with van der Waals surface area (Å²) >= 11 is 13.7. The highest BCUT2D eigenvalue weighted by Gasteiger charge is 2.14. The van der Waals surface area contributed by atoms with Gasteiger partial charge in [-0.15, -0.1) is 22.9 Å². The van der Waals surface area contributed by atoms with Gasteiger partial charge in [0.25, 0.3) is 0 Å². The van der Waals surface area contributed by atoms with Crippen LogP contribution in [0.3, 0.4) is 0 Å². The highest BCUT2D eigenvalue weighted by atomic mass is 35.5. The Balaban J connectivity index is 2.05. The van der Waals surface area contributed by atoms with E-state index in [4.69, 9.17) is 27.6 Å². The van der Waals surface area contributed by atoms with Gasteiger partial charge >= 0.3 is 5.76 Å². The van der Waals surface area contributed by atoms with Crippen LogP contribution in [-0.2, 0) is 0 Å². The molecule has 0 radical (unpaired) electrons. The Morgan fingerprint density at radius 2 is 2.11 bits per heavy atom. The van der Waals surface area contributed by atoms with Crippen LogP contribution in [0.5, 0.6) is 0 Å². The van der Waals surface area contributed by atoms with Gasteiger partial charge < -0.3 is 4.42 Å². The first kappa shape index (κ1) is 11.8. The fourth-order valence-electron chi connectivity index (χ4n) is 1.75. The Morgan fingerprint density at radius 1 is 1.28 bits per heavy atom. The molecule has 0 saturated carbocycles. The molecule has 1 unspecified atom stereocenters. The van der Waals surface area contributed by atoms with Crippen molar-refractivity contribution in [2.24, 2.45) is 0 Å². The molecule has 0 aliphatic heterocycles. The van der Waals surface area contributed by atoms with Crippen LogP contribution in [0.15, 0.2) is 39.5 Å². The average molecular weight is 300 g/mol. The van der Waals surface area contributed by atoms with Crippen molar-refractivity contribution in [2.75, 3.05) is 0 Å². The summed E-state index contributed by atoms with van der Waals surface area (Å²) in [5.74, 6) is -0.465. The lowest BCUT2D eigenvalue weighted by Crippen LogP contribution is -1.92. The third kappa shape index (κ3) is 2.07. The van der Waals surface area contributed by atoms with Gasteiger partial charge in [0.05, 0.1) is 15.2 Å². The second-order valence-corrected chi connectivity index (χ2v) is 5.96. The minimum absolute atomic E-state index is 0.299. The molecule has 3 rings (SSSR count). The number of benzene rings is 1. The summed E-state index contributed by atoms with van der Waals surface area (Å²) < 4.78 is 5.71. The number of aromatic nitrogens is 1. The van der Waals surface area contributed by atoms with Crippen LogP contribution in [0.4, 0.5) is 0 Å². The Labute approximate surface area is 116 Å². The lowest BCUT2D eigenvalue weighted by atomic mass is 10.1. The third-order valence-corrected chi connectivity index (χ3v) is 4.49. The van der Waals surface area contributed by atoms with E-state index in [0.717, 1.165) is 10.4 Å². The standard InChI is InChI=1S/C12H7Cl2NO2S/c13-10-4-3-9(18-10)11(14)6-1-2-7-8(5-6)17-12(16)15-7/h1-5,11H,(H,15,16). The average Bonchev–Trinajstić information content (AvgIpc) is 2.92. The largest absolute Gasteiger partial charge is 0.417 e. The lowest BCUT2D eigenvalue weighted by Gasteiger charge is -2.06. The van der Waals surface area contributed by atoms with Crippen LogP contribution in [0.2, 0.25) is 4.34 Å². The molecule has 1 atom stereocenters. The van der Waals surface area contributed by atoms with Gasteiger partial charge in [0.1, 0.15) is 0 Å². The Kier molecular flexibility index (Phi) is 2.93. The monoisotopic (exact) mass is 299 g/mol. The number of rotatable bonds is 2. The van der Waals surface area contributed by atoms with E-state index >= 15 is 0 Å². The number of aromatic amines is 1. The van der Waals surface area contributed by atoms with Gasteiger partial charge in [0, 0.05) is 4.88 Å². The number of H-pyrrole nitrogens is 1. The number of halogens is 2. The van der Waals surface area contributed by atoms with E-state index in [1.54, 1.807) is 12.1 Å². The molecular formula is C12H7Cl2NO2S. The number of nitrogens with one attached hydrogen (secondary N) is 1. The molecule has 92 valence electrons. The van der Waals surface area contributed by atoms with Crippen molar-refractivity contribution in [1.82, 2.24) is 4.98 Å².